The fourth-order valence-electron chi connectivity index (χ4n) is 5.14. The molecule has 1 N–H and O–H groups in total. The number of amides is 3. The topological polar surface area (TPSA) is 82.6 Å². The number of nitrogens with one attached hydrogen (secondary N) is 1. The summed E-state index contributed by atoms with van der Waals surface area (Å²) >= 11 is 6.50. The van der Waals surface area contributed by atoms with Gasteiger partial charge in [0, 0.05) is 47.8 Å². The summed E-state index contributed by atoms with van der Waals surface area (Å²) in [7, 11) is 0. The van der Waals surface area contributed by atoms with Crippen LogP contribution in [-0.4, -0.2) is 40.7 Å². The van der Waals surface area contributed by atoms with Crippen LogP contribution in [0.4, 0.5) is 24.7 Å². The van der Waals surface area contributed by atoms with Crippen molar-refractivity contribution >= 4 is 40.8 Å². The monoisotopic (exact) mass is 586 g/mol. The first-order valence-corrected chi connectivity index (χ1v) is 13.2. The zero-order valence-electron chi connectivity index (χ0n) is 21.5. The standard InChI is InChI=1S/C29H26ClF3N4O3.CH4/c1-17-9-11-24(34-16-17)37-23(10-12-25(37)38)28(40)36(20-6-4-5-18(31)13-20)26(21-7-2-3-8-22(21)30)27(39)35-19-14-29(32,33)15-19;/h2-9,11,13,16,19,23,26H,10,12,14-15H2,1H3,(H,35,39);1H4/t23-,26-;/m0./s1. The van der Waals surface area contributed by atoms with Crippen molar-refractivity contribution in [2.45, 2.75) is 64.1 Å². The second-order valence-electron chi connectivity index (χ2n) is 10.1. The van der Waals surface area contributed by atoms with Crippen molar-refractivity contribution in [2.24, 2.45) is 0 Å². The molecular formula is C30H30ClF3N4O3. The number of carbonyl (C=O) groups excluding carboxylic acids is 3. The van der Waals surface area contributed by atoms with Crippen molar-refractivity contribution in [1.82, 2.24) is 10.3 Å². The van der Waals surface area contributed by atoms with Crippen LogP contribution in [-0.2, 0) is 14.4 Å². The van der Waals surface area contributed by atoms with Crippen molar-refractivity contribution < 1.29 is 27.6 Å². The number of aryl methyl sites for hydroxylation is 1. The highest BCUT2D eigenvalue weighted by atomic mass is 35.5. The van der Waals surface area contributed by atoms with Crippen LogP contribution in [0.2, 0.25) is 5.02 Å². The molecule has 2 fully saturated rings. The third-order valence-corrected chi connectivity index (χ3v) is 7.45. The highest BCUT2D eigenvalue weighted by molar-refractivity contribution is 6.31. The van der Waals surface area contributed by atoms with Crippen molar-refractivity contribution in [3.05, 3.63) is 88.8 Å². The van der Waals surface area contributed by atoms with Gasteiger partial charge in [-0.2, -0.15) is 0 Å². The van der Waals surface area contributed by atoms with Crippen LogP contribution < -0.4 is 15.1 Å². The van der Waals surface area contributed by atoms with Crippen LogP contribution in [0.3, 0.4) is 0 Å². The second-order valence-corrected chi connectivity index (χ2v) is 10.5. The predicted molar refractivity (Wildman–Crippen MR) is 150 cm³/mol. The Bertz CT molecular complexity index is 1440. The van der Waals surface area contributed by atoms with E-state index >= 15 is 0 Å². The van der Waals surface area contributed by atoms with Crippen LogP contribution >= 0.6 is 11.6 Å². The third kappa shape index (κ3) is 6.22. The number of anilines is 2. The molecule has 1 aliphatic carbocycles. The van der Waals surface area contributed by atoms with Gasteiger partial charge < -0.3 is 5.32 Å². The normalized spacial score (nSPS) is 18.7. The fourth-order valence-corrected chi connectivity index (χ4v) is 5.37. The Morgan fingerprint density at radius 3 is 2.49 bits per heavy atom. The number of halogens is 4. The molecule has 1 saturated carbocycles. The molecule has 1 aromatic heterocycles. The summed E-state index contributed by atoms with van der Waals surface area (Å²) in [5.41, 5.74) is 1.12. The van der Waals surface area contributed by atoms with Gasteiger partial charge >= 0.3 is 0 Å². The van der Waals surface area contributed by atoms with Crippen molar-refractivity contribution in [3.8, 4) is 0 Å². The lowest BCUT2D eigenvalue weighted by molar-refractivity contribution is -0.133. The molecule has 216 valence electrons. The molecule has 2 aromatic carbocycles. The number of aromatic nitrogens is 1. The lowest BCUT2D eigenvalue weighted by Crippen LogP contribution is -2.56. The Hall–Kier alpha value is -3.92. The van der Waals surface area contributed by atoms with E-state index in [9.17, 15) is 27.6 Å². The summed E-state index contributed by atoms with van der Waals surface area (Å²) in [6, 6.07) is 11.5. The maximum Gasteiger partial charge on any atom is 0.252 e. The Balaban J connectivity index is 0.00000387. The predicted octanol–water partition coefficient (Wildman–Crippen LogP) is 6.00. The van der Waals surface area contributed by atoms with E-state index in [0.29, 0.717) is 0 Å². The van der Waals surface area contributed by atoms with Crippen LogP contribution in [0, 0.1) is 12.7 Å². The molecule has 3 aromatic rings. The molecular weight excluding hydrogens is 557 g/mol. The number of carbonyl (C=O) groups is 3. The van der Waals surface area contributed by atoms with Crippen molar-refractivity contribution in [1.29, 1.82) is 0 Å². The summed E-state index contributed by atoms with van der Waals surface area (Å²) in [5.74, 6) is -5.03. The minimum absolute atomic E-state index is 0. The molecule has 2 heterocycles. The van der Waals surface area contributed by atoms with Gasteiger partial charge in [-0.15, -0.1) is 0 Å². The van der Waals surface area contributed by atoms with Crippen LogP contribution in [0.5, 0.6) is 0 Å². The minimum atomic E-state index is -2.89. The molecule has 1 aliphatic heterocycles. The molecule has 0 spiro atoms. The SMILES string of the molecule is C.Cc1ccc(N2C(=O)CC[C@H]2C(=O)N(c2cccc(F)c2)[C@H](C(=O)NC2CC(F)(F)C2)c2ccccc2Cl)nc1. The van der Waals surface area contributed by atoms with Crippen molar-refractivity contribution in [2.75, 3.05) is 9.80 Å². The molecule has 41 heavy (non-hydrogen) atoms. The molecule has 2 atom stereocenters. The Kier molecular flexibility index (Phi) is 8.72. The average Bonchev–Trinajstić information content (AvgIpc) is 3.28. The van der Waals surface area contributed by atoms with Crippen LogP contribution in [0.25, 0.3) is 0 Å². The summed E-state index contributed by atoms with van der Waals surface area (Å²) in [6.07, 6.45) is 0.687. The molecule has 0 unspecified atom stereocenters. The van der Waals surface area contributed by atoms with Crippen molar-refractivity contribution in [3.63, 3.8) is 0 Å². The van der Waals surface area contributed by atoms with Gasteiger partial charge in [-0.05, 0) is 49.2 Å². The maximum absolute atomic E-state index is 14.5. The highest BCUT2D eigenvalue weighted by Crippen LogP contribution is 2.39. The number of rotatable bonds is 7. The smallest absolute Gasteiger partial charge is 0.252 e. The maximum atomic E-state index is 14.5. The lowest BCUT2D eigenvalue weighted by atomic mass is 9.87. The molecule has 11 heteroatoms. The summed E-state index contributed by atoms with van der Waals surface area (Å²) in [5, 5.41) is 2.76. The lowest BCUT2D eigenvalue weighted by Gasteiger charge is -2.39. The van der Waals surface area contributed by atoms with Crippen LogP contribution in [0.1, 0.15) is 50.3 Å². The van der Waals surface area contributed by atoms with E-state index < -0.39 is 54.5 Å². The van der Waals surface area contributed by atoms with E-state index in [-0.39, 0.29) is 48.3 Å². The molecule has 0 bridgehead atoms. The van der Waals surface area contributed by atoms with E-state index in [2.05, 4.69) is 10.3 Å². The summed E-state index contributed by atoms with van der Waals surface area (Å²) < 4.78 is 41.6. The van der Waals surface area contributed by atoms with E-state index in [4.69, 9.17) is 11.6 Å². The fraction of sp³-hybridized carbons (Fsp3) is 0.333. The number of pyridine rings is 1. The first-order valence-electron chi connectivity index (χ1n) is 12.8. The molecule has 3 amide bonds. The van der Waals surface area contributed by atoms with Gasteiger partial charge in [-0.25, -0.2) is 18.2 Å². The Morgan fingerprint density at radius 1 is 1.12 bits per heavy atom. The van der Waals surface area contributed by atoms with Crippen LogP contribution in [0.15, 0.2) is 66.9 Å². The van der Waals surface area contributed by atoms with E-state index in [1.807, 2.05) is 6.92 Å². The van der Waals surface area contributed by atoms with Gasteiger partial charge in [0.25, 0.3) is 11.8 Å². The Labute approximate surface area is 241 Å². The number of nitrogens with zero attached hydrogens (tertiary/aromatic N) is 3. The molecule has 1 saturated heterocycles. The third-order valence-electron chi connectivity index (χ3n) is 7.11. The Morgan fingerprint density at radius 2 is 1.85 bits per heavy atom. The molecule has 5 rings (SSSR count). The number of benzene rings is 2. The van der Waals surface area contributed by atoms with Gasteiger partial charge in [0.1, 0.15) is 23.7 Å². The number of hydrogen-bond donors (Lipinski definition) is 1. The average molecular weight is 587 g/mol. The molecule has 2 aliphatic rings. The van der Waals surface area contributed by atoms with Gasteiger partial charge in [0.15, 0.2) is 0 Å². The molecule has 7 nitrogen and oxygen atoms in total. The number of hydrogen-bond acceptors (Lipinski definition) is 4. The van der Waals surface area contributed by atoms with Gasteiger partial charge in [-0.1, -0.05) is 49.4 Å². The largest absolute Gasteiger partial charge is 0.351 e. The molecule has 0 radical (unpaired) electrons. The summed E-state index contributed by atoms with van der Waals surface area (Å²) in [4.78, 5) is 47.8. The first kappa shape index (κ1) is 30.0. The van der Waals surface area contributed by atoms with Gasteiger partial charge in [-0.3, -0.25) is 24.2 Å². The highest BCUT2D eigenvalue weighted by Gasteiger charge is 2.48. The first-order chi connectivity index (χ1) is 19.0. The van der Waals surface area contributed by atoms with E-state index in [1.165, 1.54) is 29.2 Å². The van der Waals surface area contributed by atoms with Gasteiger partial charge in [0.05, 0.1) is 0 Å². The quantitative estimate of drug-likeness (QED) is 0.368. The summed E-state index contributed by atoms with van der Waals surface area (Å²) in [6.45, 7) is 1.84. The van der Waals surface area contributed by atoms with Gasteiger partial charge in [0.2, 0.25) is 11.8 Å². The van der Waals surface area contributed by atoms with E-state index in [0.717, 1.165) is 16.5 Å². The van der Waals surface area contributed by atoms with E-state index in [1.54, 1.807) is 36.5 Å². The zero-order valence-corrected chi connectivity index (χ0v) is 22.2. The zero-order chi connectivity index (χ0) is 28.6. The number of alkyl halides is 2. The second kappa shape index (κ2) is 11.9. The minimum Gasteiger partial charge on any atom is -0.351 e.